The fraction of sp³-hybridized carbons (Fsp3) is 0.300. The Morgan fingerprint density at radius 2 is 1.94 bits per heavy atom. The average Bonchev–Trinajstić information content (AvgIpc) is 2.30. The smallest absolute Gasteiger partial charge is 0.387 e. The Bertz CT molecular complexity index is 416. The minimum Gasteiger partial charge on any atom is -0.433 e. The molecule has 1 aromatic rings. The third-order valence-electron chi connectivity index (χ3n) is 1.59. The Morgan fingerprint density at radius 1 is 1.44 bits per heavy atom. The van der Waals surface area contributed by atoms with Crippen LogP contribution in [0.3, 0.4) is 0 Å². The highest BCUT2D eigenvalue weighted by atomic mass is 79.9. The quantitative estimate of drug-likeness (QED) is 0.684. The molecule has 1 rings (SSSR count). The van der Waals surface area contributed by atoms with Crippen LogP contribution < -0.4 is 10.5 Å². The van der Waals surface area contributed by atoms with Crippen LogP contribution in [0.25, 0.3) is 0 Å². The standard InChI is InChI=1S/C8H5BrF3NO2.C2H6O/c9-5-4(15-8(11)12)1-3(2-14)7(13)6(5)10;1-3-2/h1-2,8H,13H2;1-2H3. The summed E-state index contributed by atoms with van der Waals surface area (Å²) in [5, 5.41) is 0. The van der Waals surface area contributed by atoms with Crippen molar-refractivity contribution in [2.45, 2.75) is 6.61 Å². The lowest BCUT2D eigenvalue weighted by molar-refractivity contribution is -0.0505. The number of carbonyl (C=O) groups excluding carboxylic acids is 1. The van der Waals surface area contributed by atoms with E-state index in [1.807, 2.05) is 0 Å². The number of benzene rings is 1. The van der Waals surface area contributed by atoms with Gasteiger partial charge in [0.15, 0.2) is 12.1 Å². The van der Waals surface area contributed by atoms with E-state index in [-0.39, 0.29) is 16.3 Å². The van der Waals surface area contributed by atoms with Gasteiger partial charge in [-0.2, -0.15) is 8.78 Å². The molecule has 2 N–H and O–H groups in total. The van der Waals surface area contributed by atoms with Crippen LogP contribution in [0.1, 0.15) is 10.4 Å². The first-order chi connectivity index (χ1) is 8.38. The Labute approximate surface area is 110 Å². The Kier molecular flexibility index (Phi) is 7.37. The van der Waals surface area contributed by atoms with Crippen LogP contribution in [0.2, 0.25) is 0 Å². The molecule has 18 heavy (non-hydrogen) atoms. The molecule has 0 radical (unpaired) electrons. The van der Waals surface area contributed by atoms with E-state index in [0.29, 0.717) is 0 Å². The summed E-state index contributed by atoms with van der Waals surface area (Å²) in [6, 6.07) is 0.932. The number of carbonyl (C=O) groups is 1. The van der Waals surface area contributed by atoms with E-state index >= 15 is 0 Å². The number of rotatable bonds is 3. The summed E-state index contributed by atoms with van der Waals surface area (Å²) >= 11 is 2.69. The minimum atomic E-state index is -3.11. The van der Waals surface area contributed by atoms with Gasteiger partial charge in [-0.3, -0.25) is 4.79 Å². The van der Waals surface area contributed by atoms with Gasteiger partial charge in [0.2, 0.25) is 0 Å². The van der Waals surface area contributed by atoms with Crippen LogP contribution >= 0.6 is 15.9 Å². The number of aldehydes is 1. The zero-order chi connectivity index (χ0) is 14.3. The van der Waals surface area contributed by atoms with E-state index in [1.165, 1.54) is 0 Å². The lowest BCUT2D eigenvalue weighted by atomic mass is 10.2. The second kappa shape index (κ2) is 7.93. The molecule has 4 nitrogen and oxygen atoms in total. The van der Waals surface area contributed by atoms with Gasteiger partial charge in [-0.05, 0) is 22.0 Å². The molecule has 0 spiro atoms. The molecule has 0 aliphatic heterocycles. The third kappa shape index (κ3) is 4.53. The van der Waals surface area contributed by atoms with E-state index in [9.17, 15) is 18.0 Å². The van der Waals surface area contributed by atoms with Gasteiger partial charge in [-0.1, -0.05) is 0 Å². The molecule has 8 heteroatoms. The number of hydrogen-bond acceptors (Lipinski definition) is 4. The van der Waals surface area contributed by atoms with E-state index in [0.717, 1.165) is 6.07 Å². The Hall–Kier alpha value is -1.28. The van der Waals surface area contributed by atoms with E-state index in [4.69, 9.17) is 5.73 Å². The van der Waals surface area contributed by atoms with Crippen LogP contribution in [-0.2, 0) is 4.74 Å². The van der Waals surface area contributed by atoms with Gasteiger partial charge in [0.05, 0.1) is 10.2 Å². The summed E-state index contributed by atoms with van der Waals surface area (Å²) in [4.78, 5) is 10.4. The number of ether oxygens (including phenoxy) is 2. The molecule has 0 atom stereocenters. The number of methoxy groups -OCH3 is 1. The second-order valence-electron chi connectivity index (χ2n) is 2.91. The maximum absolute atomic E-state index is 13.2. The first-order valence-corrected chi connectivity index (χ1v) is 5.25. The molecule has 0 unspecified atom stereocenters. The van der Waals surface area contributed by atoms with Gasteiger partial charge >= 0.3 is 6.61 Å². The van der Waals surface area contributed by atoms with E-state index in [2.05, 4.69) is 25.4 Å². The van der Waals surface area contributed by atoms with Crippen molar-refractivity contribution in [1.82, 2.24) is 0 Å². The highest BCUT2D eigenvalue weighted by molar-refractivity contribution is 9.10. The lowest BCUT2D eigenvalue weighted by Crippen LogP contribution is -2.06. The van der Waals surface area contributed by atoms with Crippen molar-refractivity contribution in [2.75, 3.05) is 20.0 Å². The SMILES string of the molecule is COC.Nc1c(C=O)cc(OC(F)F)c(Br)c1F. The van der Waals surface area contributed by atoms with Crippen molar-refractivity contribution < 1.29 is 27.4 Å². The van der Waals surface area contributed by atoms with Crippen molar-refractivity contribution in [3.63, 3.8) is 0 Å². The molecule has 0 saturated heterocycles. The molecular formula is C10H11BrF3NO3. The molecule has 0 aromatic heterocycles. The molecule has 0 amide bonds. The summed E-state index contributed by atoms with van der Waals surface area (Å²) in [7, 11) is 3.25. The number of nitrogen functional groups attached to an aromatic ring is 1. The summed E-state index contributed by atoms with van der Waals surface area (Å²) in [5.41, 5.74) is 4.55. The van der Waals surface area contributed by atoms with Gasteiger partial charge in [-0.25, -0.2) is 4.39 Å². The fourth-order valence-corrected chi connectivity index (χ4v) is 1.34. The molecule has 102 valence electrons. The van der Waals surface area contributed by atoms with Crippen LogP contribution in [0, 0.1) is 5.82 Å². The summed E-state index contributed by atoms with van der Waals surface area (Å²) in [5.74, 6) is -1.48. The number of nitrogens with two attached hydrogens (primary N) is 1. The Balaban J connectivity index is 0.000000873. The zero-order valence-corrected chi connectivity index (χ0v) is 11.1. The molecule has 0 bridgehead atoms. The van der Waals surface area contributed by atoms with Crippen molar-refractivity contribution in [1.29, 1.82) is 0 Å². The summed E-state index contributed by atoms with van der Waals surface area (Å²) < 4.78 is 44.9. The van der Waals surface area contributed by atoms with Crippen LogP contribution in [0.5, 0.6) is 5.75 Å². The molecule has 0 aliphatic carbocycles. The van der Waals surface area contributed by atoms with Crippen molar-refractivity contribution in [2.24, 2.45) is 0 Å². The van der Waals surface area contributed by atoms with Gasteiger partial charge < -0.3 is 15.2 Å². The van der Waals surface area contributed by atoms with Gasteiger partial charge in [0.25, 0.3) is 0 Å². The predicted octanol–water partition coefficient (Wildman–Crippen LogP) is 2.85. The highest BCUT2D eigenvalue weighted by Crippen LogP contribution is 2.34. The summed E-state index contributed by atoms with van der Waals surface area (Å²) in [6.45, 7) is -3.11. The molecular weight excluding hydrogens is 319 g/mol. The molecule has 0 saturated carbocycles. The first-order valence-electron chi connectivity index (χ1n) is 4.46. The van der Waals surface area contributed by atoms with Crippen LogP contribution in [0.4, 0.5) is 18.9 Å². The largest absolute Gasteiger partial charge is 0.433 e. The minimum absolute atomic E-state index is 0.244. The van der Waals surface area contributed by atoms with Crippen LogP contribution in [0.15, 0.2) is 10.5 Å². The van der Waals surface area contributed by atoms with Crippen molar-refractivity contribution in [3.8, 4) is 5.75 Å². The van der Waals surface area contributed by atoms with Crippen LogP contribution in [-0.4, -0.2) is 27.1 Å². The first kappa shape index (κ1) is 16.7. The third-order valence-corrected chi connectivity index (χ3v) is 2.33. The normalized spacial score (nSPS) is 9.72. The lowest BCUT2D eigenvalue weighted by Gasteiger charge is -2.10. The average molecular weight is 330 g/mol. The van der Waals surface area contributed by atoms with Crippen molar-refractivity contribution in [3.05, 3.63) is 21.9 Å². The summed E-state index contributed by atoms with van der Waals surface area (Å²) in [6.07, 6.45) is 0.253. The van der Waals surface area contributed by atoms with Gasteiger partial charge in [-0.15, -0.1) is 0 Å². The number of hydrogen-bond donors (Lipinski definition) is 1. The highest BCUT2D eigenvalue weighted by Gasteiger charge is 2.17. The maximum atomic E-state index is 13.2. The Morgan fingerprint density at radius 3 is 2.33 bits per heavy atom. The topological polar surface area (TPSA) is 61.5 Å². The molecule has 0 aliphatic rings. The number of alkyl halides is 2. The maximum Gasteiger partial charge on any atom is 0.387 e. The zero-order valence-electron chi connectivity index (χ0n) is 9.55. The van der Waals surface area contributed by atoms with Crippen molar-refractivity contribution >= 4 is 27.9 Å². The van der Waals surface area contributed by atoms with E-state index in [1.54, 1.807) is 14.2 Å². The molecule has 0 heterocycles. The molecule has 0 fully saturated rings. The number of anilines is 1. The van der Waals surface area contributed by atoms with Gasteiger partial charge in [0, 0.05) is 19.8 Å². The predicted molar refractivity (Wildman–Crippen MR) is 63.5 cm³/mol. The monoisotopic (exact) mass is 329 g/mol. The fourth-order valence-electron chi connectivity index (χ4n) is 0.915. The number of halogens is 4. The van der Waals surface area contributed by atoms with E-state index < -0.39 is 23.9 Å². The van der Waals surface area contributed by atoms with Gasteiger partial charge in [0.1, 0.15) is 5.75 Å². The second-order valence-corrected chi connectivity index (χ2v) is 3.70. The molecule has 1 aromatic carbocycles.